The molecule has 1 aliphatic heterocycles. The lowest BCUT2D eigenvalue weighted by Crippen LogP contribution is -2.43. The third kappa shape index (κ3) is 2.51. The van der Waals surface area contributed by atoms with Gasteiger partial charge in [-0.05, 0) is 19.8 Å². The lowest BCUT2D eigenvalue weighted by Gasteiger charge is -2.31. The van der Waals surface area contributed by atoms with Gasteiger partial charge in [0.25, 0.3) is 0 Å². The molecule has 0 radical (unpaired) electrons. The van der Waals surface area contributed by atoms with E-state index in [1.54, 1.807) is 6.92 Å². The molecule has 0 aromatic carbocycles. The fourth-order valence-corrected chi connectivity index (χ4v) is 2.98. The van der Waals surface area contributed by atoms with Gasteiger partial charge in [-0.3, -0.25) is 0 Å². The summed E-state index contributed by atoms with van der Waals surface area (Å²) >= 11 is 0. The molecule has 1 fully saturated rings. The average Bonchev–Trinajstić information content (AvgIpc) is 2.10. The molecular formula is C8H14O4S. The van der Waals surface area contributed by atoms with E-state index in [1.807, 2.05) is 0 Å². The van der Waals surface area contributed by atoms with Gasteiger partial charge in [0.15, 0.2) is 16.1 Å². The topological polar surface area (TPSA) is 60.4 Å². The highest BCUT2D eigenvalue weighted by Gasteiger charge is 2.37. The summed E-state index contributed by atoms with van der Waals surface area (Å²) in [4.78, 5) is 10.8. The second-order valence-corrected chi connectivity index (χ2v) is 5.57. The fraction of sp³-hybridized carbons (Fsp3) is 0.875. The Labute approximate surface area is 78.2 Å². The highest BCUT2D eigenvalue weighted by molar-refractivity contribution is 7.91. The van der Waals surface area contributed by atoms with Crippen LogP contribution in [0.3, 0.4) is 0 Å². The van der Waals surface area contributed by atoms with E-state index >= 15 is 0 Å². The molecule has 0 N–H and O–H groups in total. The number of carbonyl (C=O) groups excluding carboxylic acids is 1. The largest absolute Gasteiger partial charge is 0.368 e. The van der Waals surface area contributed by atoms with Crippen molar-refractivity contribution >= 4 is 16.1 Å². The van der Waals surface area contributed by atoms with E-state index in [4.69, 9.17) is 4.74 Å². The zero-order valence-corrected chi connectivity index (χ0v) is 8.47. The van der Waals surface area contributed by atoms with Gasteiger partial charge in [0.05, 0.1) is 11.5 Å². The Balaban J connectivity index is 2.68. The Morgan fingerprint density at radius 2 is 1.92 bits per heavy atom. The quantitative estimate of drug-likeness (QED) is 0.617. The lowest BCUT2D eigenvalue weighted by molar-refractivity contribution is -0.131. The normalized spacial score (nSPS) is 25.3. The van der Waals surface area contributed by atoms with Crippen molar-refractivity contribution in [2.24, 2.45) is 0 Å². The van der Waals surface area contributed by atoms with Crippen LogP contribution >= 0.6 is 0 Å². The van der Waals surface area contributed by atoms with Crippen LogP contribution in [0.5, 0.6) is 0 Å². The fourth-order valence-electron chi connectivity index (χ4n) is 1.47. The SMILES string of the molecule is CCOC1(C=O)CCS(=O)(=O)CC1. The number of ether oxygens (including phenoxy) is 1. The number of hydrogen-bond acceptors (Lipinski definition) is 4. The molecular weight excluding hydrogens is 192 g/mol. The predicted octanol–water partition coefficient (Wildman–Crippen LogP) is 0.169. The average molecular weight is 206 g/mol. The minimum Gasteiger partial charge on any atom is -0.368 e. The molecule has 0 aromatic rings. The molecule has 0 unspecified atom stereocenters. The van der Waals surface area contributed by atoms with Crippen molar-refractivity contribution in [3.05, 3.63) is 0 Å². The van der Waals surface area contributed by atoms with Crippen molar-refractivity contribution < 1.29 is 17.9 Å². The Kier molecular flexibility index (Phi) is 3.08. The first-order valence-electron chi connectivity index (χ1n) is 4.34. The van der Waals surface area contributed by atoms with Crippen LogP contribution in [0.2, 0.25) is 0 Å². The molecule has 0 aliphatic carbocycles. The van der Waals surface area contributed by atoms with Crippen LogP contribution in [0, 0.1) is 0 Å². The minimum absolute atomic E-state index is 0.0612. The van der Waals surface area contributed by atoms with Crippen LogP contribution in [-0.2, 0) is 19.4 Å². The van der Waals surface area contributed by atoms with Gasteiger partial charge in [-0.2, -0.15) is 0 Å². The molecule has 1 saturated heterocycles. The first-order valence-corrected chi connectivity index (χ1v) is 6.16. The third-order valence-corrected chi connectivity index (χ3v) is 3.97. The van der Waals surface area contributed by atoms with Gasteiger partial charge in [0.2, 0.25) is 0 Å². The van der Waals surface area contributed by atoms with Crippen molar-refractivity contribution in [3.8, 4) is 0 Å². The molecule has 1 heterocycles. The van der Waals surface area contributed by atoms with Gasteiger partial charge in [0.1, 0.15) is 5.60 Å². The number of hydrogen-bond donors (Lipinski definition) is 0. The maximum Gasteiger partial charge on any atom is 0.151 e. The van der Waals surface area contributed by atoms with Crippen LogP contribution in [0.1, 0.15) is 19.8 Å². The van der Waals surface area contributed by atoms with Gasteiger partial charge in [-0.1, -0.05) is 0 Å². The van der Waals surface area contributed by atoms with Crippen LogP contribution in [0.4, 0.5) is 0 Å². The summed E-state index contributed by atoms with van der Waals surface area (Å²) in [6, 6.07) is 0. The van der Waals surface area contributed by atoms with Gasteiger partial charge in [0, 0.05) is 6.61 Å². The highest BCUT2D eigenvalue weighted by Crippen LogP contribution is 2.25. The lowest BCUT2D eigenvalue weighted by atomic mass is 9.99. The van der Waals surface area contributed by atoms with Crippen molar-refractivity contribution in [1.82, 2.24) is 0 Å². The van der Waals surface area contributed by atoms with Gasteiger partial charge in [-0.15, -0.1) is 0 Å². The molecule has 4 nitrogen and oxygen atoms in total. The van der Waals surface area contributed by atoms with Crippen LogP contribution in [0.25, 0.3) is 0 Å². The smallest absolute Gasteiger partial charge is 0.151 e. The standard InChI is InChI=1S/C8H14O4S/c1-2-12-8(7-9)3-5-13(10,11)6-4-8/h7H,2-6H2,1H3. The van der Waals surface area contributed by atoms with E-state index in [1.165, 1.54) is 0 Å². The molecule has 13 heavy (non-hydrogen) atoms. The molecule has 0 atom stereocenters. The molecule has 1 aliphatic rings. The van der Waals surface area contributed by atoms with Crippen molar-refractivity contribution in [2.75, 3.05) is 18.1 Å². The molecule has 76 valence electrons. The Hall–Kier alpha value is -0.420. The van der Waals surface area contributed by atoms with E-state index in [2.05, 4.69) is 0 Å². The van der Waals surface area contributed by atoms with Gasteiger partial charge in [-0.25, -0.2) is 8.42 Å². The van der Waals surface area contributed by atoms with Crippen molar-refractivity contribution in [2.45, 2.75) is 25.4 Å². The summed E-state index contributed by atoms with van der Waals surface area (Å²) in [6.45, 7) is 2.24. The molecule has 5 heteroatoms. The first kappa shape index (κ1) is 10.7. The summed E-state index contributed by atoms with van der Waals surface area (Å²) in [6.07, 6.45) is 1.34. The van der Waals surface area contributed by atoms with E-state index < -0.39 is 15.4 Å². The summed E-state index contributed by atoms with van der Waals surface area (Å²) in [5, 5.41) is 0. The van der Waals surface area contributed by atoms with Gasteiger partial charge >= 0.3 is 0 Å². The molecule has 0 spiro atoms. The van der Waals surface area contributed by atoms with Crippen LogP contribution in [0.15, 0.2) is 0 Å². The molecule has 0 amide bonds. The number of aldehydes is 1. The Bertz CT molecular complexity index is 267. The molecule has 0 saturated carbocycles. The summed E-state index contributed by atoms with van der Waals surface area (Å²) < 4.78 is 27.5. The van der Waals surface area contributed by atoms with E-state index in [-0.39, 0.29) is 11.5 Å². The molecule has 0 bridgehead atoms. The predicted molar refractivity (Wildman–Crippen MR) is 48.3 cm³/mol. The summed E-state index contributed by atoms with van der Waals surface area (Å²) in [5.74, 6) is 0.122. The highest BCUT2D eigenvalue weighted by atomic mass is 32.2. The number of carbonyl (C=O) groups is 1. The summed E-state index contributed by atoms with van der Waals surface area (Å²) in [7, 11) is -2.92. The Morgan fingerprint density at radius 1 is 1.38 bits per heavy atom. The second kappa shape index (κ2) is 3.75. The maximum absolute atomic E-state index is 11.1. The number of rotatable bonds is 3. The van der Waals surface area contributed by atoms with E-state index in [0.29, 0.717) is 19.4 Å². The minimum atomic E-state index is -2.92. The van der Waals surface area contributed by atoms with Crippen molar-refractivity contribution in [1.29, 1.82) is 0 Å². The Morgan fingerprint density at radius 3 is 2.31 bits per heavy atom. The zero-order valence-electron chi connectivity index (χ0n) is 7.65. The van der Waals surface area contributed by atoms with E-state index in [0.717, 1.165) is 6.29 Å². The molecule has 0 aromatic heterocycles. The maximum atomic E-state index is 11.1. The van der Waals surface area contributed by atoms with Gasteiger partial charge < -0.3 is 9.53 Å². The van der Waals surface area contributed by atoms with E-state index in [9.17, 15) is 13.2 Å². The third-order valence-electron chi connectivity index (χ3n) is 2.32. The van der Waals surface area contributed by atoms with Crippen LogP contribution < -0.4 is 0 Å². The molecule has 1 rings (SSSR count). The monoisotopic (exact) mass is 206 g/mol. The number of sulfone groups is 1. The first-order chi connectivity index (χ1) is 6.04. The van der Waals surface area contributed by atoms with Crippen LogP contribution in [-0.4, -0.2) is 38.4 Å². The van der Waals surface area contributed by atoms with Crippen molar-refractivity contribution in [3.63, 3.8) is 0 Å². The second-order valence-electron chi connectivity index (χ2n) is 3.27. The zero-order chi connectivity index (χ0) is 9.95. The summed E-state index contributed by atoms with van der Waals surface area (Å²) in [5.41, 5.74) is -0.833.